The summed E-state index contributed by atoms with van der Waals surface area (Å²) in [5.41, 5.74) is 1.17. The summed E-state index contributed by atoms with van der Waals surface area (Å²) < 4.78 is 0. The van der Waals surface area contributed by atoms with Gasteiger partial charge in [-0.15, -0.1) is 0 Å². The van der Waals surface area contributed by atoms with E-state index in [0.717, 1.165) is 17.7 Å². The summed E-state index contributed by atoms with van der Waals surface area (Å²) in [5, 5.41) is 10.3. The maximum absolute atomic E-state index is 12.4. The van der Waals surface area contributed by atoms with Crippen molar-refractivity contribution in [3.8, 4) is 0 Å². The van der Waals surface area contributed by atoms with Gasteiger partial charge in [0, 0.05) is 29.9 Å². The number of carbonyl (C=O) groups is 1. The van der Waals surface area contributed by atoms with Gasteiger partial charge in [-0.25, -0.2) is 0 Å². The first-order chi connectivity index (χ1) is 9.51. The van der Waals surface area contributed by atoms with Crippen LogP contribution in [-0.2, 0) is 16.6 Å². The molecule has 1 aromatic carbocycles. The predicted octanol–water partition coefficient (Wildman–Crippen LogP) is 2.70. The van der Waals surface area contributed by atoms with Gasteiger partial charge in [0.2, 0.25) is 5.91 Å². The standard InChI is InChI=1S/C15H18ClN3O/c1-15(2,12-5-3-4-6-13(12)16)14(20)17-9-7-11-8-10-18-19-11/h3-6,8,10H,7,9H2,1-2H3,(H,17,20)(H,18,19). The number of halogens is 1. The van der Waals surface area contributed by atoms with Crippen LogP contribution in [0.5, 0.6) is 0 Å². The van der Waals surface area contributed by atoms with Crippen LogP contribution in [0.1, 0.15) is 25.1 Å². The van der Waals surface area contributed by atoms with Crippen molar-refractivity contribution in [1.82, 2.24) is 15.5 Å². The zero-order valence-electron chi connectivity index (χ0n) is 11.6. The van der Waals surface area contributed by atoms with Gasteiger partial charge < -0.3 is 5.32 Å². The normalized spacial score (nSPS) is 11.3. The van der Waals surface area contributed by atoms with E-state index in [1.54, 1.807) is 12.3 Å². The summed E-state index contributed by atoms with van der Waals surface area (Å²) in [6.07, 6.45) is 2.43. The topological polar surface area (TPSA) is 57.8 Å². The van der Waals surface area contributed by atoms with Crippen LogP contribution in [0.3, 0.4) is 0 Å². The molecule has 4 nitrogen and oxygen atoms in total. The summed E-state index contributed by atoms with van der Waals surface area (Å²) in [5.74, 6) is -0.0369. The second kappa shape index (κ2) is 6.09. The number of rotatable bonds is 5. The third kappa shape index (κ3) is 3.20. The lowest BCUT2D eigenvalue weighted by Gasteiger charge is -2.25. The first kappa shape index (κ1) is 14.6. The van der Waals surface area contributed by atoms with E-state index in [2.05, 4.69) is 15.5 Å². The van der Waals surface area contributed by atoms with Gasteiger partial charge in [-0.05, 0) is 31.5 Å². The third-order valence-electron chi connectivity index (χ3n) is 3.35. The maximum Gasteiger partial charge on any atom is 0.230 e. The van der Waals surface area contributed by atoms with E-state index in [1.165, 1.54) is 0 Å². The SMILES string of the molecule is CC(C)(C(=O)NCCc1ccn[nH]1)c1ccccc1Cl. The summed E-state index contributed by atoms with van der Waals surface area (Å²) >= 11 is 6.17. The number of aromatic amines is 1. The van der Waals surface area contributed by atoms with E-state index in [4.69, 9.17) is 11.6 Å². The summed E-state index contributed by atoms with van der Waals surface area (Å²) in [6.45, 7) is 4.31. The molecule has 0 radical (unpaired) electrons. The van der Waals surface area contributed by atoms with Crippen molar-refractivity contribution in [3.05, 3.63) is 52.8 Å². The zero-order chi connectivity index (χ0) is 14.6. The van der Waals surface area contributed by atoms with E-state index >= 15 is 0 Å². The van der Waals surface area contributed by atoms with Crippen LogP contribution in [0.2, 0.25) is 5.02 Å². The smallest absolute Gasteiger partial charge is 0.230 e. The number of benzene rings is 1. The molecule has 0 bridgehead atoms. The van der Waals surface area contributed by atoms with Crippen LogP contribution in [-0.4, -0.2) is 22.6 Å². The molecule has 2 N–H and O–H groups in total. The first-order valence-corrected chi connectivity index (χ1v) is 6.91. The first-order valence-electron chi connectivity index (χ1n) is 6.53. The lowest BCUT2D eigenvalue weighted by atomic mass is 9.83. The number of carbonyl (C=O) groups excluding carboxylic acids is 1. The molecule has 2 rings (SSSR count). The molecular formula is C15H18ClN3O. The molecule has 1 heterocycles. The van der Waals surface area contributed by atoms with E-state index in [0.29, 0.717) is 11.6 Å². The molecule has 0 spiro atoms. The maximum atomic E-state index is 12.4. The van der Waals surface area contributed by atoms with Crippen molar-refractivity contribution in [3.63, 3.8) is 0 Å². The minimum atomic E-state index is -0.660. The van der Waals surface area contributed by atoms with Gasteiger partial charge in [-0.1, -0.05) is 29.8 Å². The molecule has 0 atom stereocenters. The Balaban J connectivity index is 1.98. The highest BCUT2D eigenvalue weighted by Crippen LogP contribution is 2.29. The molecule has 0 fully saturated rings. The highest BCUT2D eigenvalue weighted by Gasteiger charge is 2.31. The average molecular weight is 292 g/mol. The molecule has 0 aliphatic rings. The van der Waals surface area contributed by atoms with Crippen molar-refractivity contribution in [2.45, 2.75) is 25.7 Å². The number of nitrogens with one attached hydrogen (secondary N) is 2. The summed E-state index contributed by atoms with van der Waals surface area (Å²) in [7, 11) is 0. The van der Waals surface area contributed by atoms with Crippen molar-refractivity contribution < 1.29 is 4.79 Å². The van der Waals surface area contributed by atoms with Crippen LogP contribution in [0.4, 0.5) is 0 Å². The highest BCUT2D eigenvalue weighted by molar-refractivity contribution is 6.31. The Morgan fingerprint density at radius 3 is 2.75 bits per heavy atom. The number of H-pyrrole nitrogens is 1. The Morgan fingerprint density at radius 2 is 2.10 bits per heavy atom. The molecule has 0 aliphatic heterocycles. The van der Waals surface area contributed by atoms with Gasteiger partial charge in [0.1, 0.15) is 0 Å². The van der Waals surface area contributed by atoms with Crippen LogP contribution in [0.15, 0.2) is 36.5 Å². The summed E-state index contributed by atoms with van der Waals surface area (Å²) in [6, 6.07) is 9.33. The van der Waals surface area contributed by atoms with E-state index in [9.17, 15) is 4.79 Å². The number of hydrogen-bond acceptors (Lipinski definition) is 2. The Morgan fingerprint density at radius 1 is 1.35 bits per heavy atom. The van der Waals surface area contributed by atoms with Crippen LogP contribution < -0.4 is 5.32 Å². The molecule has 0 aliphatic carbocycles. The molecule has 1 aromatic heterocycles. The van der Waals surface area contributed by atoms with Crippen molar-refractivity contribution in [2.75, 3.05) is 6.54 Å². The highest BCUT2D eigenvalue weighted by atomic mass is 35.5. The minimum absolute atomic E-state index is 0.0369. The van der Waals surface area contributed by atoms with Gasteiger partial charge in [-0.3, -0.25) is 9.89 Å². The molecule has 0 saturated heterocycles. The molecular weight excluding hydrogens is 274 g/mol. The Kier molecular flexibility index (Phi) is 4.45. The fourth-order valence-corrected chi connectivity index (χ4v) is 2.42. The lowest BCUT2D eigenvalue weighted by Crippen LogP contribution is -2.41. The number of aromatic nitrogens is 2. The van der Waals surface area contributed by atoms with Crippen molar-refractivity contribution in [2.24, 2.45) is 0 Å². The quantitative estimate of drug-likeness (QED) is 0.890. The summed E-state index contributed by atoms with van der Waals surface area (Å²) in [4.78, 5) is 12.4. The molecule has 5 heteroatoms. The largest absolute Gasteiger partial charge is 0.355 e. The Labute approximate surface area is 123 Å². The second-order valence-electron chi connectivity index (χ2n) is 5.19. The van der Waals surface area contributed by atoms with Gasteiger partial charge >= 0.3 is 0 Å². The third-order valence-corrected chi connectivity index (χ3v) is 3.68. The fraction of sp³-hybridized carbons (Fsp3) is 0.333. The van der Waals surface area contributed by atoms with E-state index in [1.807, 2.05) is 38.1 Å². The molecule has 0 saturated carbocycles. The zero-order valence-corrected chi connectivity index (χ0v) is 12.4. The van der Waals surface area contributed by atoms with E-state index < -0.39 is 5.41 Å². The van der Waals surface area contributed by atoms with Crippen LogP contribution in [0.25, 0.3) is 0 Å². The van der Waals surface area contributed by atoms with Gasteiger partial charge in [0.05, 0.1) is 5.41 Å². The van der Waals surface area contributed by atoms with Gasteiger partial charge in [0.25, 0.3) is 0 Å². The predicted molar refractivity (Wildman–Crippen MR) is 79.8 cm³/mol. The fourth-order valence-electron chi connectivity index (χ4n) is 2.05. The Hall–Kier alpha value is -1.81. The number of nitrogens with zero attached hydrogens (tertiary/aromatic N) is 1. The molecule has 20 heavy (non-hydrogen) atoms. The lowest BCUT2D eigenvalue weighted by molar-refractivity contribution is -0.125. The minimum Gasteiger partial charge on any atom is -0.355 e. The average Bonchev–Trinajstić information content (AvgIpc) is 2.92. The van der Waals surface area contributed by atoms with Crippen molar-refractivity contribution in [1.29, 1.82) is 0 Å². The number of hydrogen-bond donors (Lipinski definition) is 2. The number of amides is 1. The Bertz CT molecular complexity index is 579. The molecule has 2 aromatic rings. The van der Waals surface area contributed by atoms with Crippen LogP contribution in [0, 0.1) is 0 Å². The molecule has 0 unspecified atom stereocenters. The van der Waals surface area contributed by atoms with Gasteiger partial charge in [0.15, 0.2) is 0 Å². The van der Waals surface area contributed by atoms with Crippen LogP contribution >= 0.6 is 11.6 Å². The monoisotopic (exact) mass is 291 g/mol. The molecule has 106 valence electrons. The van der Waals surface area contributed by atoms with Gasteiger partial charge in [-0.2, -0.15) is 5.10 Å². The second-order valence-corrected chi connectivity index (χ2v) is 5.60. The molecule has 1 amide bonds. The van der Waals surface area contributed by atoms with Crippen molar-refractivity contribution >= 4 is 17.5 Å². The van der Waals surface area contributed by atoms with E-state index in [-0.39, 0.29) is 5.91 Å².